The van der Waals surface area contributed by atoms with Crippen LogP contribution in [0.25, 0.3) is 0 Å². The minimum Gasteiger partial charge on any atom is -0.386 e. The first kappa shape index (κ1) is 8.04. The smallest absolute Gasteiger partial charge is 0.0942 e. The van der Waals surface area contributed by atoms with Crippen LogP contribution in [0, 0.1) is 10.8 Å². The highest BCUT2D eigenvalue weighted by Gasteiger charge is 2.26. The molecule has 1 aliphatic heterocycles. The van der Waals surface area contributed by atoms with Gasteiger partial charge in [0.25, 0.3) is 0 Å². The lowest BCUT2D eigenvalue weighted by molar-refractivity contribution is 0.147. The van der Waals surface area contributed by atoms with E-state index in [4.69, 9.17) is 5.73 Å². The van der Waals surface area contributed by atoms with E-state index in [1.165, 1.54) is 0 Å². The number of hydrogen-bond acceptors (Lipinski definition) is 4. The van der Waals surface area contributed by atoms with Crippen LogP contribution in [0.1, 0.15) is 6.92 Å². The van der Waals surface area contributed by atoms with Crippen molar-refractivity contribution in [3.63, 3.8) is 0 Å². The van der Waals surface area contributed by atoms with E-state index < -0.39 is 0 Å². The summed E-state index contributed by atoms with van der Waals surface area (Å²) in [5.41, 5.74) is 5.61. The van der Waals surface area contributed by atoms with Gasteiger partial charge in [0.15, 0.2) is 0 Å². The molecule has 1 rings (SSSR count). The summed E-state index contributed by atoms with van der Waals surface area (Å²) < 4.78 is 0. The molecule has 1 fully saturated rings. The number of nitroso groups, excluding NO2 is 1. The van der Waals surface area contributed by atoms with E-state index in [2.05, 4.69) is 5.18 Å². The summed E-state index contributed by atoms with van der Waals surface area (Å²) >= 11 is 0. The van der Waals surface area contributed by atoms with Gasteiger partial charge in [-0.3, -0.25) is 0 Å². The van der Waals surface area contributed by atoms with E-state index in [0.717, 1.165) is 18.9 Å². The van der Waals surface area contributed by atoms with Crippen molar-refractivity contribution in [3.05, 3.63) is 16.8 Å². The molecule has 4 nitrogen and oxygen atoms in total. The normalized spacial score (nSPS) is 19.7. The first-order chi connectivity index (χ1) is 5.27. The predicted molar refractivity (Wildman–Crippen MR) is 43.7 cm³/mol. The molecule has 0 bridgehead atoms. The molecule has 0 atom stereocenters. The van der Waals surface area contributed by atoms with Crippen LogP contribution in [0.2, 0.25) is 0 Å². The Morgan fingerprint density at radius 1 is 1.82 bits per heavy atom. The molecule has 62 valence electrons. The second-order valence-electron chi connectivity index (χ2n) is 2.80. The molecule has 0 saturated carbocycles. The molecule has 0 aromatic heterocycles. The van der Waals surface area contributed by atoms with E-state index in [9.17, 15) is 4.91 Å². The fourth-order valence-electron chi connectivity index (χ4n) is 1.18. The maximum Gasteiger partial charge on any atom is 0.0942 e. The summed E-state index contributed by atoms with van der Waals surface area (Å²) in [5, 5.41) is 2.84. The van der Waals surface area contributed by atoms with Crippen molar-refractivity contribution in [2.24, 2.45) is 16.8 Å². The molecule has 0 spiro atoms. The predicted octanol–water partition coefficient (Wildman–Crippen LogP) is 0.505. The molecule has 0 radical (unpaired) electrons. The average molecular weight is 155 g/mol. The molecule has 0 unspecified atom stereocenters. The van der Waals surface area contributed by atoms with Gasteiger partial charge in [-0.2, -0.15) is 4.91 Å². The topological polar surface area (TPSA) is 58.7 Å². The van der Waals surface area contributed by atoms with Gasteiger partial charge >= 0.3 is 0 Å². The Labute approximate surface area is 66.0 Å². The van der Waals surface area contributed by atoms with Gasteiger partial charge in [-0.15, -0.1) is 0 Å². The van der Waals surface area contributed by atoms with Gasteiger partial charge in [-0.1, -0.05) is 5.18 Å². The highest BCUT2D eigenvalue weighted by Crippen LogP contribution is 2.18. The summed E-state index contributed by atoms with van der Waals surface area (Å²) in [6, 6.07) is 0. The molecular weight excluding hydrogens is 142 g/mol. The van der Waals surface area contributed by atoms with Gasteiger partial charge in [-0.25, -0.2) is 0 Å². The van der Waals surface area contributed by atoms with Gasteiger partial charge < -0.3 is 10.6 Å². The van der Waals surface area contributed by atoms with Crippen LogP contribution in [-0.2, 0) is 0 Å². The zero-order valence-corrected chi connectivity index (χ0v) is 6.66. The van der Waals surface area contributed by atoms with Crippen molar-refractivity contribution < 1.29 is 0 Å². The van der Waals surface area contributed by atoms with Crippen LogP contribution in [0.3, 0.4) is 0 Å². The molecule has 1 saturated heterocycles. The van der Waals surface area contributed by atoms with Gasteiger partial charge in [0.2, 0.25) is 0 Å². The Kier molecular flexibility index (Phi) is 2.46. The SMILES string of the molecule is C/C=C(\N)N1CC(CN=O)C1. The van der Waals surface area contributed by atoms with Gasteiger partial charge in [0.1, 0.15) is 0 Å². The van der Waals surface area contributed by atoms with Gasteiger partial charge in [-0.05, 0) is 13.0 Å². The largest absolute Gasteiger partial charge is 0.386 e. The molecular formula is C7H13N3O. The van der Waals surface area contributed by atoms with E-state index in [1.807, 2.05) is 17.9 Å². The second-order valence-corrected chi connectivity index (χ2v) is 2.80. The molecule has 4 heteroatoms. The molecule has 2 N–H and O–H groups in total. The fraction of sp³-hybridized carbons (Fsp3) is 0.714. The van der Waals surface area contributed by atoms with Crippen LogP contribution in [-0.4, -0.2) is 24.5 Å². The van der Waals surface area contributed by atoms with E-state index in [0.29, 0.717) is 12.5 Å². The highest BCUT2D eigenvalue weighted by atomic mass is 16.3. The molecule has 0 amide bonds. The number of nitrogens with zero attached hydrogens (tertiary/aromatic N) is 2. The standard InChI is InChI=1S/C7H13N3O/c1-2-7(8)10-4-6(5-10)3-9-11/h2,6H,3-5,8H2,1H3/b7-2+. The number of allylic oxidation sites excluding steroid dienone is 1. The van der Waals surface area contributed by atoms with Crippen molar-refractivity contribution >= 4 is 0 Å². The van der Waals surface area contributed by atoms with Crippen molar-refractivity contribution in [2.45, 2.75) is 6.92 Å². The van der Waals surface area contributed by atoms with Crippen LogP contribution in [0.4, 0.5) is 0 Å². The molecule has 0 aromatic rings. The van der Waals surface area contributed by atoms with E-state index in [-0.39, 0.29) is 0 Å². The number of nitrogens with two attached hydrogens (primary N) is 1. The van der Waals surface area contributed by atoms with Crippen molar-refractivity contribution in [1.82, 2.24) is 4.90 Å². The third-order valence-electron chi connectivity index (χ3n) is 1.95. The first-order valence-corrected chi connectivity index (χ1v) is 3.73. The van der Waals surface area contributed by atoms with Gasteiger partial charge in [0, 0.05) is 19.0 Å². The van der Waals surface area contributed by atoms with Crippen LogP contribution in [0.5, 0.6) is 0 Å². The number of likely N-dealkylation sites (tertiary alicyclic amines) is 1. The Bertz CT molecular complexity index is 173. The summed E-state index contributed by atoms with van der Waals surface area (Å²) in [7, 11) is 0. The highest BCUT2D eigenvalue weighted by molar-refractivity contribution is 5.00. The molecule has 1 heterocycles. The summed E-state index contributed by atoms with van der Waals surface area (Å²) in [6.45, 7) is 4.08. The number of hydrogen-bond donors (Lipinski definition) is 1. The quantitative estimate of drug-likeness (QED) is 0.604. The first-order valence-electron chi connectivity index (χ1n) is 3.73. The summed E-state index contributed by atoms with van der Waals surface area (Å²) in [5.74, 6) is 1.22. The Morgan fingerprint density at radius 2 is 2.45 bits per heavy atom. The zero-order chi connectivity index (χ0) is 8.27. The molecule has 1 aliphatic rings. The third-order valence-corrected chi connectivity index (χ3v) is 1.95. The Morgan fingerprint density at radius 3 is 2.91 bits per heavy atom. The maximum atomic E-state index is 9.84. The molecule has 0 aliphatic carbocycles. The van der Waals surface area contributed by atoms with Crippen molar-refractivity contribution in [3.8, 4) is 0 Å². The van der Waals surface area contributed by atoms with Crippen LogP contribution in [0.15, 0.2) is 17.1 Å². The van der Waals surface area contributed by atoms with E-state index in [1.54, 1.807) is 0 Å². The van der Waals surface area contributed by atoms with E-state index >= 15 is 0 Å². The lowest BCUT2D eigenvalue weighted by Crippen LogP contribution is -2.48. The van der Waals surface area contributed by atoms with Crippen molar-refractivity contribution in [1.29, 1.82) is 0 Å². The number of rotatable bonds is 3. The monoisotopic (exact) mass is 155 g/mol. The fourth-order valence-corrected chi connectivity index (χ4v) is 1.18. The molecule has 11 heavy (non-hydrogen) atoms. The lowest BCUT2D eigenvalue weighted by Gasteiger charge is -2.39. The summed E-state index contributed by atoms with van der Waals surface area (Å²) in [4.78, 5) is 11.9. The molecule has 0 aromatic carbocycles. The summed E-state index contributed by atoms with van der Waals surface area (Å²) in [6.07, 6.45) is 1.87. The van der Waals surface area contributed by atoms with Gasteiger partial charge in [0.05, 0.1) is 12.4 Å². The van der Waals surface area contributed by atoms with Crippen LogP contribution >= 0.6 is 0 Å². The Balaban J connectivity index is 2.23. The third kappa shape index (κ3) is 1.69. The maximum absolute atomic E-state index is 9.84. The minimum atomic E-state index is 0.422. The zero-order valence-electron chi connectivity index (χ0n) is 6.66. The lowest BCUT2D eigenvalue weighted by atomic mass is 10.0. The average Bonchev–Trinajstić information content (AvgIpc) is 1.94. The second kappa shape index (κ2) is 3.37. The minimum absolute atomic E-state index is 0.422. The van der Waals surface area contributed by atoms with Crippen LogP contribution < -0.4 is 5.73 Å². The Hall–Kier alpha value is -1.06. The van der Waals surface area contributed by atoms with Crippen molar-refractivity contribution in [2.75, 3.05) is 19.6 Å².